The molecule has 0 spiro atoms. The number of benzene rings is 1. The molecule has 0 bridgehead atoms. The summed E-state index contributed by atoms with van der Waals surface area (Å²) in [4.78, 5) is 0.0414. The zero-order chi connectivity index (χ0) is 14.8. The third-order valence-electron chi connectivity index (χ3n) is 3.94. The number of hydrogen-bond donors (Lipinski definition) is 2. The molecule has 0 heterocycles. The largest absolute Gasteiger partial charge is 0.329 e. The Morgan fingerprint density at radius 1 is 1.38 bits per heavy atom. The van der Waals surface area contributed by atoms with Gasteiger partial charge in [-0.3, -0.25) is 0 Å². The second kappa shape index (κ2) is 6.75. The van der Waals surface area contributed by atoms with Crippen molar-refractivity contribution in [3.63, 3.8) is 0 Å². The van der Waals surface area contributed by atoms with E-state index in [9.17, 15) is 13.7 Å². The minimum absolute atomic E-state index is 0. The van der Waals surface area contributed by atoms with Gasteiger partial charge in [-0.05, 0) is 31.4 Å². The maximum absolute atomic E-state index is 12.6. The number of hydrogen-bond acceptors (Lipinski definition) is 4. The predicted octanol–water partition coefficient (Wildman–Crippen LogP) is 1.84. The molecule has 1 fully saturated rings. The SMILES string of the molecule is Cc1cccc(S(=O)(=O)NC2(CN)CCCC2)c1C#N.Cl. The summed E-state index contributed by atoms with van der Waals surface area (Å²) in [5.41, 5.74) is 6.06. The molecule has 0 atom stereocenters. The van der Waals surface area contributed by atoms with Crippen LogP contribution in [-0.4, -0.2) is 20.5 Å². The summed E-state index contributed by atoms with van der Waals surface area (Å²) in [5.74, 6) is 0. The molecule has 116 valence electrons. The van der Waals surface area contributed by atoms with Crippen molar-refractivity contribution < 1.29 is 8.42 Å². The summed E-state index contributed by atoms with van der Waals surface area (Å²) >= 11 is 0. The Balaban J connectivity index is 0.00000220. The van der Waals surface area contributed by atoms with Crippen molar-refractivity contribution in [2.75, 3.05) is 6.54 Å². The molecule has 0 amide bonds. The molecule has 1 aliphatic rings. The average Bonchev–Trinajstić information content (AvgIpc) is 2.87. The first kappa shape index (κ1) is 17.9. The lowest BCUT2D eigenvalue weighted by atomic mass is 10.0. The van der Waals surface area contributed by atoms with Crippen LogP contribution < -0.4 is 10.5 Å². The summed E-state index contributed by atoms with van der Waals surface area (Å²) in [6, 6.07) is 6.82. The molecule has 2 rings (SSSR count). The molecule has 5 nitrogen and oxygen atoms in total. The zero-order valence-corrected chi connectivity index (χ0v) is 13.6. The number of sulfonamides is 1. The molecule has 0 aliphatic heterocycles. The minimum Gasteiger partial charge on any atom is -0.329 e. The van der Waals surface area contributed by atoms with E-state index in [0.29, 0.717) is 5.56 Å². The Hall–Kier alpha value is -1.13. The Morgan fingerprint density at radius 3 is 2.52 bits per heavy atom. The van der Waals surface area contributed by atoms with Crippen LogP contribution in [0.15, 0.2) is 23.1 Å². The van der Waals surface area contributed by atoms with Gasteiger partial charge >= 0.3 is 0 Å². The van der Waals surface area contributed by atoms with Crippen LogP contribution >= 0.6 is 12.4 Å². The quantitative estimate of drug-likeness (QED) is 0.880. The van der Waals surface area contributed by atoms with Gasteiger partial charge in [0.2, 0.25) is 10.0 Å². The van der Waals surface area contributed by atoms with E-state index in [0.717, 1.165) is 25.7 Å². The van der Waals surface area contributed by atoms with Crippen LogP contribution in [0.25, 0.3) is 0 Å². The van der Waals surface area contributed by atoms with Crippen LogP contribution in [0.1, 0.15) is 36.8 Å². The first-order valence-corrected chi connectivity index (χ1v) is 8.16. The van der Waals surface area contributed by atoms with Crippen molar-refractivity contribution in [3.05, 3.63) is 29.3 Å². The van der Waals surface area contributed by atoms with E-state index in [2.05, 4.69) is 4.72 Å². The molecule has 0 saturated heterocycles. The molecule has 0 aromatic heterocycles. The Kier molecular flexibility index (Phi) is 5.76. The van der Waals surface area contributed by atoms with Gasteiger partial charge in [0.25, 0.3) is 0 Å². The second-order valence-electron chi connectivity index (χ2n) is 5.36. The standard InChI is InChI=1S/C14H19N3O2S.ClH/c1-11-5-4-6-13(12(11)9-15)20(18,19)17-14(10-16)7-2-3-8-14;/h4-6,17H,2-3,7-8,10,16H2,1H3;1H. The Labute approximate surface area is 132 Å². The Bertz CT molecular complexity index is 647. The van der Waals surface area contributed by atoms with Gasteiger partial charge in [0, 0.05) is 12.1 Å². The van der Waals surface area contributed by atoms with Gasteiger partial charge in [0.05, 0.1) is 5.56 Å². The van der Waals surface area contributed by atoms with Gasteiger partial charge in [-0.25, -0.2) is 13.1 Å². The maximum Gasteiger partial charge on any atom is 0.242 e. The summed E-state index contributed by atoms with van der Waals surface area (Å²) < 4.78 is 27.9. The van der Waals surface area contributed by atoms with E-state index in [1.54, 1.807) is 19.1 Å². The number of nitrogens with two attached hydrogens (primary N) is 1. The normalized spacial score (nSPS) is 17.0. The fourth-order valence-electron chi connectivity index (χ4n) is 2.75. The Morgan fingerprint density at radius 2 is 2.00 bits per heavy atom. The van der Waals surface area contributed by atoms with Gasteiger partial charge < -0.3 is 5.73 Å². The van der Waals surface area contributed by atoms with Crippen LogP contribution in [0, 0.1) is 18.3 Å². The van der Waals surface area contributed by atoms with E-state index >= 15 is 0 Å². The van der Waals surface area contributed by atoms with Crippen LogP contribution in [0.3, 0.4) is 0 Å². The highest BCUT2D eigenvalue weighted by Gasteiger charge is 2.37. The van der Waals surface area contributed by atoms with E-state index < -0.39 is 15.6 Å². The molecule has 3 N–H and O–H groups in total. The van der Waals surface area contributed by atoms with E-state index in [1.165, 1.54) is 6.07 Å². The van der Waals surface area contributed by atoms with E-state index in [-0.39, 0.29) is 29.4 Å². The average molecular weight is 330 g/mol. The number of halogens is 1. The topological polar surface area (TPSA) is 96.0 Å². The summed E-state index contributed by atoms with van der Waals surface area (Å²) in [5, 5.41) is 9.18. The first-order valence-electron chi connectivity index (χ1n) is 6.68. The molecule has 1 aromatic rings. The molecule has 1 aromatic carbocycles. The second-order valence-corrected chi connectivity index (χ2v) is 7.01. The van der Waals surface area contributed by atoms with Gasteiger partial charge in [-0.1, -0.05) is 25.0 Å². The smallest absolute Gasteiger partial charge is 0.242 e. The molecule has 21 heavy (non-hydrogen) atoms. The molecule has 1 saturated carbocycles. The van der Waals surface area contributed by atoms with Crippen molar-refractivity contribution in [2.45, 2.75) is 43.0 Å². The molecule has 1 aliphatic carbocycles. The lowest BCUT2D eigenvalue weighted by Gasteiger charge is -2.28. The van der Waals surface area contributed by atoms with Crippen LogP contribution in [-0.2, 0) is 10.0 Å². The fourth-order valence-corrected chi connectivity index (χ4v) is 4.45. The van der Waals surface area contributed by atoms with Crippen molar-refractivity contribution in [2.24, 2.45) is 5.73 Å². The molecule has 0 radical (unpaired) electrons. The van der Waals surface area contributed by atoms with Gasteiger partial charge in [0.15, 0.2) is 0 Å². The number of aryl methyl sites for hydroxylation is 1. The van der Waals surface area contributed by atoms with Gasteiger partial charge in [0.1, 0.15) is 11.0 Å². The number of rotatable bonds is 4. The lowest BCUT2D eigenvalue weighted by molar-refractivity contribution is 0.399. The van der Waals surface area contributed by atoms with Crippen molar-refractivity contribution >= 4 is 22.4 Å². The summed E-state index contributed by atoms with van der Waals surface area (Å²) in [7, 11) is -3.73. The molecule has 0 unspecified atom stereocenters. The molecule has 7 heteroatoms. The lowest BCUT2D eigenvalue weighted by Crippen LogP contribution is -2.51. The zero-order valence-electron chi connectivity index (χ0n) is 11.9. The number of nitrogens with one attached hydrogen (secondary N) is 1. The van der Waals surface area contributed by atoms with E-state index in [4.69, 9.17) is 5.73 Å². The van der Waals surface area contributed by atoms with Crippen LogP contribution in [0.4, 0.5) is 0 Å². The van der Waals surface area contributed by atoms with Crippen LogP contribution in [0.2, 0.25) is 0 Å². The van der Waals surface area contributed by atoms with Crippen molar-refractivity contribution in [1.29, 1.82) is 5.26 Å². The number of nitrogens with zero attached hydrogens (tertiary/aromatic N) is 1. The fraction of sp³-hybridized carbons (Fsp3) is 0.500. The molecular formula is C14H20ClN3O2S. The monoisotopic (exact) mass is 329 g/mol. The van der Waals surface area contributed by atoms with Crippen molar-refractivity contribution in [1.82, 2.24) is 4.72 Å². The first-order chi connectivity index (χ1) is 9.44. The summed E-state index contributed by atoms with van der Waals surface area (Å²) in [6.07, 6.45) is 3.43. The highest BCUT2D eigenvalue weighted by atomic mass is 35.5. The molecular weight excluding hydrogens is 310 g/mol. The van der Waals surface area contributed by atoms with Gasteiger partial charge in [-0.2, -0.15) is 5.26 Å². The minimum atomic E-state index is -3.73. The third-order valence-corrected chi connectivity index (χ3v) is 5.56. The van der Waals surface area contributed by atoms with Gasteiger partial charge in [-0.15, -0.1) is 12.4 Å². The van der Waals surface area contributed by atoms with Crippen LogP contribution in [0.5, 0.6) is 0 Å². The highest BCUT2D eigenvalue weighted by molar-refractivity contribution is 7.89. The number of nitriles is 1. The third kappa shape index (κ3) is 3.55. The maximum atomic E-state index is 12.6. The van der Waals surface area contributed by atoms with E-state index in [1.807, 2.05) is 6.07 Å². The van der Waals surface area contributed by atoms with Crippen molar-refractivity contribution in [3.8, 4) is 6.07 Å². The highest BCUT2D eigenvalue weighted by Crippen LogP contribution is 2.31. The summed E-state index contributed by atoms with van der Waals surface area (Å²) in [6.45, 7) is 2.01. The predicted molar refractivity (Wildman–Crippen MR) is 83.7 cm³/mol.